The Hall–Kier alpha value is -2.92. The lowest BCUT2D eigenvalue weighted by atomic mass is 10.1. The number of amides is 2. The van der Waals surface area contributed by atoms with Gasteiger partial charge in [0.2, 0.25) is 11.8 Å². The van der Waals surface area contributed by atoms with Crippen LogP contribution in [0.1, 0.15) is 12.0 Å². The molecule has 2 saturated heterocycles. The zero-order chi connectivity index (χ0) is 20.3. The molecule has 0 unspecified atom stereocenters. The first-order valence-electron chi connectivity index (χ1n) is 9.17. The van der Waals surface area contributed by atoms with Gasteiger partial charge in [-0.15, -0.1) is 0 Å². The van der Waals surface area contributed by atoms with E-state index in [0.717, 1.165) is 0 Å². The minimum Gasteiger partial charge on any atom is -0.380 e. The molecule has 2 atom stereocenters. The van der Waals surface area contributed by atoms with E-state index in [1.54, 1.807) is 24.1 Å². The maximum atomic E-state index is 14.2. The summed E-state index contributed by atoms with van der Waals surface area (Å²) in [5.74, 6) is -0.841. The second kappa shape index (κ2) is 8.40. The van der Waals surface area contributed by atoms with Crippen molar-refractivity contribution in [3.63, 3.8) is 0 Å². The number of hydrogen-bond donors (Lipinski definition) is 0. The average molecular weight is 386 g/mol. The van der Waals surface area contributed by atoms with Crippen LogP contribution in [0, 0.1) is 17.1 Å². The van der Waals surface area contributed by atoms with E-state index in [4.69, 9.17) is 10.00 Å². The maximum Gasteiger partial charge on any atom is 0.246 e. The summed E-state index contributed by atoms with van der Waals surface area (Å²) in [5, 5.41) is 8.86. The predicted octanol–water partition coefficient (Wildman–Crippen LogP) is 1.15. The molecule has 0 spiro atoms. The summed E-state index contributed by atoms with van der Waals surface area (Å²) in [6, 6.07) is 5.75. The number of carbonyl (C=O) groups excluding carboxylic acids is 2. The number of benzene rings is 1. The van der Waals surface area contributed by atoms with Crippen molar-refractivity contribution in [1.82, 2.24) is 9.80 Å². The maximum absolute atomic E-state index is 14.2. The Labute approximate surface area is 163 Å². The van der Waals surface area contributed by atoms with Gasteiger partial charge in [-0.2, -0.15) is 5.26 Å². The first kappa shape index (κ1) is 19.8. The molecule has 0 saturated carbocycles. The van der Waals surface area contributed by atoms with E-state index in [0.29, 0.717) is 44.8 Å². The van der Waals surface area contributed by atoms with Crippen molar-refractivity contribution in [3.05, 3.63) is 42.2 Å². The van der Waals surface area contributed by atoms with E-state index >= 15 is 0 Å². The number of anilines is 1. The van der Waals surface area contributed by atoms with E-state index < -0.39 is 11.9 Å². The Morgan fingerprint density at radius 2 is 2.04 bits per heavy atom. The van der Waals surface area contributed by atoms with Crippen molar-refractivity contribution in [2.45, 2.75) is 18.6 Å². The van der Waals surface area contributed by atoms with Crippen molar-refractivity contribution in [1.29, 1.82) is 5.26 Å². The summed E-state index contributed by atoms with van der Waals surface area (Å²) < 4.78 is 19.6. The largest absolute Gasteiger partial charge is 0.380 e. The van der Waals surface area contributed by atoms with Crippen LogP contribution in [0.25, 0.3) is 0 Å². The van der Waals surface area contributed by atoms with Crippen molar-refractivity contribution in [2.75, 3.05) is 44.7 Å². The standard InChI is InChI=1S/C20H23FN4O3/c1-3-19(26)25-13-15(28-2)11-18(25)20(27)24-8-6-23(7-9-24)17-5-4-14(12-22)10-16(17)21/h3-5,10,15,18H,1,6-9,11,13H2,2H3/t15-,18-/m0/s1. The van der Waals surface area contributed by atoms with Crippen LogP contribution >= 0.6 is 0 Å². The molecule has 3 rings (SSSR count). The Morgan fingerprint density at radius 3 is 2.61 bits per heavy atom. The second-order valence-corrected chi connectivity index (χ2v) is 6.89. The van der Waals surface area contributed by atoms with Crippen LogP contribution < -0.4 is 4.90 Å². The Balaban J connectivity index is 1.65. The highest BCUT2D eigenvalue weighted by Gasteiger charge is 2.41. The molecule has 28 heavy (non-hydrogen) atoms. The van der Waals surface area contributed by atoms with E-state index in [1.165, 1.54) is 17.0 Å². The van der Waals surface area contributed by atoms with E-state index in [1.807, 2.05) is 11.0 Å². The van der Waals surface area contributed by atoms with Crippen LogP contribution in [0.2, 0.25) is 0 Å². The van der Waals surface area contributed by atoms with E-state index in [2.05, 4.69) is 6.58 Å². The van der Waals surface area contributed by atoms with Gasteiger partial charge in [-0.1, -0.05) is 6.58 Å². The van der Waals surface area contributed by atoms with E-state index in [-0.39, 0.29) is 23.5 Å². The topological polar surface area (TPSA) is 76.9 Å². The molecule has 0 aliphatic carbocycles. The summed E-state index contributed by atoms with van der Waals surface area (Å²) >= 11 is 0. The molecule has 0 aromatic heterocycles. The number of methoxy groups -OCH3 is 1. The highest BCUT2D eigenvalue weighted by atomic mass is 19.1. The molecular weight excluding hydrogens is 363 g/mol. The summed E-state index contributed by atoms with van der Waals surface area (Å²) in [7, 11) is 1.57. The van der Waals surface area contributed by atoms with Crippen molar-refractivity contribution < 1.29 is 18.7 Å². The third-order valence-corrected chi connectivity index (χ3v) is 5.35. The van der Waals surface area contributed by atoms with Gasteiger partial charge >= 0.3 is 0 Å². The summed E-state index contributed by atoms with van der Waals surface area (Å²) in [4.78, 5) is 30.2. The van der Waals surface area contributed by atoms with Gasteiger partial charge in [0.25, 0.3) is 0 Å². The minimum absolute atomic E-state index is 0.116. The molecule has 2 aliphatic heterocycles. The molecule has 2 amide bonds. The first-order valence-corrected chi connectivity index (χ1v) is 9.17. The van der Waals surface area contributed by atoms with Gasteiger partial charge < -0.3 is 19.4 Å². The molecule has 1 aromatic carbocycles. The highest BCUT2D eigenvalue weighted by Crippen LogP contribution is 2.25. The molecule has 2 heterocycles. The van der Waals surface area contributed by atoms with Gasteiger partial charge in [-0.3, -0.25) is 9.59 Å². The fourth-order valence-electron chi connectivity index (χ4n) is 3.77. The number of likely N-dealkylation sites (tertiary alicyclic amines) is 1. The third kappa shape index (κ3) is 3.85. The minimum atomic E-state index is -0.561. The quantitative estimate of drug-likeness (QED) is 0.726. The molecule has 2 aliphatic rings. The number of piperazine rings is 1. The molecule has 8 heteroatoms. The van der Waals surface area contributed by atoms with Crippen molar-refractivity contribution in [2.24, 2.45) is 0 Å². The Bertz CT molecular complexity index is 814. The lowest BCUT2D eigenvalue weighted by Gasteiger charge is -2.38. The molecule has 0 N–H and O–H groups in total. The van der Waals surface area contributed by atoms with Gasteiger partial charge in [0.05, 0.1) is 23.4 Å². The molecule has 148 valence electrons. The summed E-state index contributed by atoms with van der Waals surface area (Å²) in [6.07, 6.45) is 1.50. The Morgan fingerprint density at radius 1 is 1.32 bits per heavy atom. The number of ether oxygens (including phenoxy) is 1. The summed E-state index contributed by atoms with van der Waals surface area (Å²) in [6.45, 7) is 5.70. The number of nitrogens with zero attached hydrogens (tertiary/aromatic N) is 4. The second-order valence-electron chi connectivity index (χ2n) is 6.89. The third-order valence-electron chi connectivity index (χ3n) is 5.35. The van der Waals surface area contributed by atoms with Crippen LogP contribution in [0.15, 0.2) is 30.9 Å². The normalized spacial score (nSPS) is 22.1. The first-order chi connectivity index (χ1) is 13.5. The smallest absolute Gasteiger partial charge is 0.246 e. The number of nitriles is 1. The molecule has 0 bridgehead atoms. The average Bonchev–Trinajstić information content (AvgIpc) is 3.17. The lowest BCUT2D eigenvalue weighted by molar-refractivity contribution is -0.141. The summed E-state index contributed by atoms with van der Waals surface area (Å²) in [5.41, 5.74) is 0.700. The fourth-order valence-corrected chi connectivity index (χ4v) is 3.77. The fraction of sp³-hybridized carbons (Fsp3) is 0.450. The molecule has 2 fully saturated rings. The van der Waals surface area contributed by atoms with Gasteiger partial charge in [-0.25, -0.2) is 4.39 Å². The zero-order valence-electron chi connectivity index (χ0n) is 15.8. The van der Waals surface area contributed by atoms with Gasteiger partial charge in [-0.05, 0) is 24.3 Å². The number of halogens is 1. The Kier molecular flexibility index (Phi) is 5.95. The predicted molar refractivity (Wildman–Crippen MR) is 101 cm³/mol. The SMILES string of the molecule is C=CC(=O)N1C[C@@H](OC)C[C@H]1C(=O)N1CCN(c2ccc(C#N)cc2F)CC1. The number of carbonyl (C=O) groups is 2. The number of hydrogen-bond acceptors (Lipinski definition) is 5. The number of rotatable bonds is 4. The zero-order valence-corrected chi connectivity index (χ0v) is 15.8. The van der Waals surface area contributed by atoms with Crippen LogP contribution in [-0.2, 0) is 14.3 Å². The molecular formula is C20H23FN4O3. The van der Waals surface area contributed by atoms with Crippen LogP contribution in [-0.4, -0.2) is 73.6 Å². The lowest BCUT2D eigenvalue weighted by Crippen LogP contribution is -2.54. The van der Waals surface area contributed by atoms with Gasteiger partial charge in [0, 0.05) is 46.3 Å². The van der Waals surface area contributed by atoms with E-state index in [9.17, 15) is 14.0 Å². The van der Waals surface area contributed by atoms with Crippen LogP contribution in [0.5, 0.6) is 0 Å². The van der Waals surface area contributed by atoms with Gasteiger partial charge in [0.15, 0.2) is 0 Å². The van der Waals surface area contributed by atoms with Gasteiger partial charge in [0.1, 0.15) is 11.9 Å². The molecule has 7 nitrogen and oxygen atoms in total. The highest BCUT2D eigenvalue weighted by molar-refractivity contribution is 5.93. The molecule has 0 radical (unpaired) electrons. The van der Waals surface area contributed by atoms with Crippen molar-refractivity contribution >= 4 is 17.5 Å². The van der Waals surface area contributed by atoms with Crippen LogP contribution in [0.4, 0.5) is 10.1 Å². The van der Waals surface area contributed by atoms with Crippen LogP contribution in [0.3, 0.4) is 0 Å². The van der Waals surface area contributed by atoms with Crippen molar-refractivity contribution in [3.8, 4) is 6.07 Å². The monoisotopic (exact) mass is 386 g/mol. The molecule has 1 aromatic rings.